The summed E-state index contributed by atoms with van der Waals surface area (Å²) in [5.41, 5.74) is 3.30. The second kappa shape index (κ2) is 12.7. The van der Waals surface area contributed by atoms with Crippen LogP contribution in [-0.4, -0.2) is 18.6 Å². The van der Waals surface area contributed by atoms with Gasteiger partial charge in [-0.2, -0.15) is 0 Å². The maximum Gasteiger partial charge on any atom is 0.315 e. The first kappa shape index (κ1) is 23.7. The summed E-state index contributed by atoms with van der Waals surface area (Å²) in [4.78, 5) is 12.2. The molecule has 1 aliphatic carbocycles. The average molecular weight is 459 g/mol. The highest BCUT2D eigenvalue weighted by Gasteiger charge is 2.15. The van der Waals surface area contributed by atoms with Crippen molar-refractivity contribution >= 4 is 6.03 Å². The molecule has 5 heteroatoms. The molecule has 0 radical (unpaired) electrons. The molecular weight excluding hydrogens is 424 g/mol. The summed E-state index contributed by atoms with van der Waals surface area (Å²) in [6.07, 6.45) is 6.57. The van der Waals surface area contributed by atoms with Crippen LogP contribution in [-0.2, 0) is 19.6 Å². The van der Waals surface area contributed by atoms with E-state index in [-0.39, 0.29) is 6.03 Å². The Labute approximate surface area is 202 Å². The summed E-state index contributed by atoms with van der Waals surface area (Å²) in [6, 6.07) is 26.4. The van der Waals surface area contributed by atoms with Crippen molar-refractivity contribution in [3.8, 4) is 11.5 Å². The molecule has 34 heavy (non-hydrogen) atoms. The first-order valence-corrected chi connectivity index (χ1v) is 12.3. The van der Waals surface area contributed by atoms with Crippen molar-refractivity contribution in [2.45, 2.75) is 57.8 Å². The van der Waals surface area contributed by atoms with Crippen molar-refractivity contribution in [3.05, 3.63) is 95.6 Å². The Morgan fingerprint density at radius 3 is 2.00 bits per heavy atom. The van der Waals surface area contributed by atoms with E-state index in [1.807, 2.05) is 78.9 Å². The quantitative estimate of drug-likeness (QED) is 0.391. The fourth-order valence-corrected chi connectivity index (χ4v) is 4.21. The van der Waals surface area contributed by atoms with Crippen LogP contribution in [0.4, 0.5) is 4.79 Å². The van der Waals surface area contributed by atoms with Gasteiger partial charge in [0.25, 0.3) is 0 Å². The zero-order valence-corrected chi connectivity index (χ0v) is 19.7. The molecule has 1 aliphatic rings. The third-order valence-electron chi connectivity index (χ3n) is 6.12. The number of urea groups is 1. The van der Waals surface area contributed by atoms with E-state index in [0.717, 1.165) is 36.0 Å². The van der Waals surface area contributed by atoms with Gasteiger partial charge in [0.2, 0.25) is 0 Å². The lowest BCUT2D eigenvalue weighted by atomic mass is 9.96. The summed E-state index contributed by atoms with van der Waals surface area (Å²) in [5, 5.41) is 6.10. The largest absolute Gasteiger partial charge is 0.485 e. The smallest absolute Gasteiger partial charge is 0.315 e. The Kier molecular flexibility index (Phi) is 8.83. The molecule has 1 saturated carbocycles. The molecule has 0 unspecified atom stereocenters. The van der Waals surface area contributed by atoms with Crippen LogP contribution < -0.4 is 20.1 Å². The summed E-state index contributed by atoms with van der Waals surface area (Å²) in [7, 11) is 0. The molecule has 0 heterocycles. The zero-order chi connectivity index (χ0) is 23.4. The van der Waals surface area contributed by atoms with Crippen LogP contribution in [0.5, 0.6) is 11.5 Å². The normalized spacial score (nSPS) is 13.8. The van der Waals surface area contributed by atoms with Gasteiger partial charge < -0.3 is 20.1 Å². The Bertz CT molecular complexity index is 1020. The Morgan fingerprint density at radius 2 is 1.35 bits per heavy atom. The summed E-state index contributed by atoms with van der Waals surface area (Å²) < 4.78 is 12.2. The Morgan fingerprint density at radius 1 is 0.735 bits per heavy atom. The number of hydrogen-bond acceptors (Lipinski definition) is 3. The van der Waals surface area contributed by atoms with Crippen molar-refractivity contribution in [1.29, 1.82) is 0 Å². The molecular formula is C29H34N2O3. The van der Waals surface area contributed by atoms with Crippen LogP contribution in [0.2, 0.25) is 0 Å². The highest BCUT2D eigenvalue weighted by atomic mass is 16.5. The van der Waals surface area contributed by atoms with E-state index in [1.165, 1.54) is 19.3 Å². The zero-order valence-electron chi connectivity index (χ0n) is 19.7. The SMILES string of the molecule is O=C(NCCc1ccc(OCc2ccccc2)c(OCc2ccccc2)c1)NC1CCCCC1. The third-order valence-corrected chi connectivity index (χ3v) is 6.12. The third kappa shape index (κ3) is 7.55. The minimum absolute atomic E-state index is 0.0738. The topological polar surface area (TPSA) is 59.6 Å². The molecule has 0 spiro atoms. The number of amides is 2. The van der Waals surface area contributed by atoms with Crippen LogP contribution in [0.15, 0.2) is 78.9 Å². The molecule has 5 nitrogen and oxygen atoms in total. The van der Waals surface area contributed by atoms with Gasteiger partial charge in [-0.3, -0.25) is 0 Å². The van der Waals surface area contributed by atoms with Crippen LogP contribution >= 0.6 is 0 Å². The second-order valence-electron chi connectivity index (χ2n) is 8.81. The molecule has 4 rings (SSSR count). The minimum atomic E-state index is -0.0738. The van der Waals surface area contributed by atoms with E-state index < -0.39 is 0 Å². The number of rotatable bonds is 10. The van der Waals surface area contributed by atoms with Gasteiger partial charge in [-0.1, -0.05) is 86.0 Å². The van der Waals surface area contributed by atoms with Crippen LogP contribution in [0, 0.1) is 0 Å². The van der Waals surface area contributed by atoms with E-state index in [4.69, 9.17) is 9.47 Å². The van der Waals surface area contributed by atoms with E-state index in [0.29, 0.717) is 37.3 Å². The first-order valence-electron chi connectivity index (χ1n) is 12.3. The Hall–Kier alpha value is -3.47. The van der Waals surface area contributed by atoms with E-state index in [2.05, 4.69) is 10.6 Å². The number of carbonyl (C=O) groups excluding carboxylic acids is 1. The van der Waals surface area contributed by atoms with E-state index >= 15 is 0 Å². The monoisotopic (exact) mass is 458 g/mol. The predicted octanol–water partition coefficient (Wildman–Crippen LogP) is 6.02. The summed E-state index contributed by atoms with van der Waals surface area (Å²) in [6.45, 7) is 1.51. The molecule has 2 amide bonds. The molecule has 0 atom stereocenters. The van der Waals surface area contributed by atoms with Crippen LogP contribution in [0.25, 0.3) is 0 Å². The first-order chi connectivity index (χ1) is 16.8. The number of nitrogens with one attached hydrogen (secondary N) is 2. The van der Waals surface area contributed by atoms with Gasteiger partial charge in [-0.25, -0.2) is 4.79 Å². The molecule has 2 N–H and O–H groups in total. The maximum absolute atomic E-state index is 12.2. The Balaban J connectivity index is 1.35. The van der Waals surface area contributed by atoms with Gasteiger partial charge in [-0.05, 0) is 48.1 Å². The molecule has 1 fully saturated rings. The van der Waals surface area contributed by atoms with Gasteiger partial charge in [0.05, 0.1) is 0 Å². The molecule has 0 saturated heterocycles. The van der Waals surface area contributed by atoms with E-state index in [1.54, 1.807) is 0 Å². The molecule has 3 aromatic carbocycles. The van der Waals surface area contributed by atoms with Gasteiger partial charge in [-0.15, -0.1) is 0 Å². The van der Waals surface area contributed by atoms with Crippen molar-refractivity contribution in [2.24, 2.45) is 0 Å². The molecule has 3 aromatic rings. The molecule has 0 aromatic heterocycles. The number of ether oxygens (including phenoxy) is 2. The highest BCUT2D eigenvalue weighted by molar-refractivity contribution is 5.74. The molecule has 0 bridgehead atoms. The standard InChI is InChI=1S/C29H34N2O3/c32-29(31-26-14-8-3-9-15-26)30-19-18-23-16-17-27(33-21-24-10-4-1-5-11-24)28(20-23)34-22-25-12-6-2-7-13-25/h1-2,4-7,10-13,16-17,20,26H,3,8-9,14-15,18-19,21-22H2,(H2,30,31,32). The number of benzene rings is 3. The lowest BCUT2D eigenvalue weighted by molar-refractivity contribution is 0.233. The number of carbonyl (C=O) groups is 1. The minimum Gasteiger partial charge on any atom is -0.485 e. The predicted molar refractivity (Wildman–Crippen MR) is 135 cm³/mol. The van der Waals surface area contributed by atoms with Gasteiger partial charge in [0, 0.05) is 12.6 Å². The van der Waals surface area contributed by atoms with Crippen molar-refractivity contribution in [2.75, 3.05) is 6.54 Å². The lowest BCUT2D eigenvalue weighted by Crippen LogP contribution is -2.43. The number of hydrogen-bond donors (Lipinski definition) is 2. The van der Waals surface area contributed by atoms with Gasteiger partial charge >= 0.3 is 6.03 Å². The average Bonchev–Trinajstić information content (AvgIpc) is 2.88. The highest BCUT2D eigenvalue weighted by Crippen LogP contribution is 2.30. The maximum atomic E-state index is 12.2. The van der Waals surface area contributed by atoms with Crippen molar-refractivity contribution in [3.63, 3.8) is 0 Å². The fourth-order valence-electron chi connectivity index (χ4n) is 4.21. The van der Waals surface area contributed by atoms with Crippen molar-refractivity contribution in [1.82, 2.24) is 10.6 Å². The lowest BCUT2D eigenvalue weighted by Gasteiger charge is -2.22. The molecule has 178 valence electrons. The van der Waals surface area contributed by atoms with Crippen LogP contribution in [0.3, 0.4) is 0 Å². The second-order valence-corrected chi connectivity index (χ2v) is 8.81. The summed E-state index contributed by atoms with van der Waals surface area (Å²) in [5.74, 6) is 1.43. The van der Waals surface area contributed by atoms with Gasteiger partial charge in [0.15, 0.2) is 11.5 Å². The van der Waals surface area contributed by atoms with E-state index in [9.17, 15) is 4.79 Å². The van der Waals surface area contributed by atoms with Gasteiger partial charge in [0.1, 0.15) is 13.2 Å². The van der Waals surface area contributed by atoms with Crippen LogP contribution in [0.1, 0.15) is 48.8 Å². The van der Waals surface area contributed by atoms with Crippen molar-refractivity contribution < 1.29 is 14.3 Å². The molecule has 0 aliphatic heterocycles. The summed E-state index contributed by atoms with van der Waals surface area (Å²) >= 11 is 0. The fraction of sp³-hybridized carbons (Fsp3) is 0.345.